The van der Waals surface area contributed by atoms with Crippen molar-refractivity contribution < 1.29 is 28.5 Å². The minimum atomic E-state index is -0.539. The number of carbonyl (C=O) groups is 2. The number of carbonyl (C=O) groups excluding carboxylic acids is 2. The van der Waals surface area contributed by atoms with Gasteiger partial charge in [-0.1, -0.05) is 18.2 Å². The molecule has 0 saturated carbocycles. The smallest absolute Gasteiger partial charge is 0.336 e. The van der Waals surface area contributed by atoms with Crippen molar-refractivity contribution in [3.63, 3.8) is 0 Å². The van der Waals surface area contributed by atoms with Crippen LogP contribution in [0.2, 0.25) is 0 Å². The molecule has 0 heterocycles. The van der Waals surface area contributed by atoms with Crippen molar-refractivity contribution in [1.29, 1.82) is 0 Å². The second-order valence-electron chi connectivity index (χ2n) is 5.97. The minimum Gasteiger partial charge on any atom is -0.496 e. The Hall–Kier alpha value is -3.62. The SMILES string of the molecule is COc1ccccc1CN(C)C(=O)NNC(=O)c1cc(OC)c(OC)c(OC)c1. The van der Waals surface area contributed by atoms with Crippen LogP contribution in [-0.4, -0.2) is 52.3 Å². The first-order valence-corrected chi connectivity index (χ1v) is 8.68. The predicted molar refractivity (Wildman–Crippen MR) is 107 cm³/mol. The van der Waals surface area contributed by atoms with Crippen LogP contribution in [0.5, 0.6) is 23.0 Å². The van der Waals surface area contributed by atoms with E-state index in [0.717, 1.165) is 5.56 Å². The number of nitrogens with zero attached hydrogens (tertiary/aromatic N) is 1. The maximum Gasteiger partial charge on any atom is 0.336 e. The highest BCUT2D eigenvalue weighted by molar-refractivity contribution is 5.96. The summed E-state index contributed by atoms with van der Waals surface area (Å²) in [5.74, 6) is 1.16. The third-order valence-corrected chi connectivity index (χ3v) is 4.16. The van der Waals surface area contributed by atoms with Crippen LogP contribution in [0.15, 0.2) is 36.4 Å². The van der Waals surface area contributed by atoms with E-state index in [2.05, 4.69) is 10.9 Å². The second-order valence-corrected chi connectivity index (χ2v) is 5.97. The van der Waals surface area contributed by atoms with E-state index in [9.17, 15) is 9.59 Å². The van der Waals surface area contributed by atoms with E-state index >= 15 is 0 Å². The van der Waals surface area contributed by atoms with Crippen LogP contribution in [0.25, 0.3) is 0 Å². The van der Waals surface area contributed by atoms with Crippen LogP contribution in [0.3, 0.4) is 0 Å². The number of hydrogen-bond donors (Lipinski definition) is 2. The Bertz CT molecular complexity index is 846. The van der Waals surface area contributed by atoms with Gasteiger partial charge in [0, 0.05) is 18.2 Å². The lowest BCUT2D eigenvalue weighted by Gasteiger charge is -2.20. The lowest BCUT2D eigenvalue weighted by Crippen LogP contribution is -2.47. The zero-order chi connectivity index (χ0) is 21.4. The average Bonchev–Trinajstić information content (AvgIpc) is 2.76. The zero-order valence-electron chi connectivity index (χ0n) is 17.1. The van der Waals surface area contributed by atoms with Crippen LogP contribution >= 0.6 is 0 Å². The number of hydrogen-bond acceptors (Lipinski definition) is 6. The van der Waals surface area contributed by atoms with Crippen molar-refractivity contribution in [1.82, 2.24) is 15.8 Å². The number of benzene rings is 2. The van der Waals surface area contributed by atoms with Gasteiger partial charge in [-0.2, -0.15) is 0 Å². The summed E-state index contributed by atoms with van der Waals surface area (Å²) in [6.45, 7) is 0.301. The van der Waals surface area contributed by atoms with Gasteiger partial charge in [0.1, 0.15) is 5.75 Å². The zero-order valence-corrected chi connectivity index (χ0v) is 17.1. The molecule has 0 saturated heterocycles. The van der Waals surface area contributed by atoms with Gasteiger partial charge in [-0.05, 0) is 18.2 Å². The quantitative estimate of drug-likeness (QED) is 0.688. The Kier molecular flexibility index (Phi) is 7.53. The van der Waals surface area contributed by atoms with E-state index < -0.39 is 11.9 Å². The van der Waals surface area contributed by atoms with Crippen LogP contribution in [0.1, 0.15) is 15.9 Å². The molecule has 0 spiro atoms. The number of methoxy groups -OCH3 is 4. The molecular weight excluding hydrogens is 378 g/mol. The number of nitrogens with one attached hydrogen (secondary N) is 2. The number of urea groups is 1. The minimum absolute atomic E-state index is 0.229. The molecule has 2 aromatic carbocycles. The van der Waals surface area contributed by atoms with Gasteiger partial charge in [0.2, 0.25) is 5.75 Å². The molecule has 2 N–H and O–H groups in total. The Balaban J connectivity index is 2.03. The largest absolute Gasteiger partial charge is 0.496 e. The molecule has 0 aliphatic rings. The van der Waals surface area contributed by atoms with E-state index in [0.29, 0.717) is 29.5 Å². The van der Waals surface area contributed by atoms with Gasteiger partial charge in [-0.15, -0.1) is 0 Å². The predicted octanol–water partition coefficient (Wildman–Crippen LogP) is 2.21. The summed E-state index contributed by atoms with van der Waals surface area (Å²) in [6, 6.07) is 9.86. The topological polar surface area (TPSA) is 98.4 Å². The van der Waals surface area contributed by atoms with E-state index in [1.165, 1.54) is 38.4 Å². The molecule has 9 nitrogen and oxygen atoms in total. The standard InChI is InChI=1S/C20H25N3O6/c1-23(12-13-8-6-7-9-15(13)26-2)20(25)22-21-19(24)14-10-16(27-3)18(29-5)17(11-14)28-4/h6-11H,12H2,1-5H3,(H,21,24)(H,22,25). The van der Waals surface area contributed by atoms with Crippen LogP contribution in [0.4, 0.5) is 4.79 Å². The molecule has 0 aromatic heterocycles. The first-order valence-electron chi connectivity index (χ1n) is 8.68. The summed E-state index contributed by atoms with van der Waals surface area (Å²) in [6.07, 6.45) is 0. The Morgan fingerprint density at radius 2 is 1.45 bits per heavy atom. The normalized spacial score (nSPS) is 9.97. The van der Waals surface area contributed by atoms with Crippen molar-refractivity contribution in [3.05, 3.63) is 47.5 Å². The van der Waals surface area contributed by atoms with Crippen LogP contribution in [-0.2, 0) is 6.54 Å². The summed E-state index contributed by atoms with van der Waals surface area (Å²) in [5, 5.41) is 0. The van der Waals surface area contributed by atoms with Gasteiger partial charge in [0.25, 0.3) is 5.91 Å². The molecule has 0 radical (unpaired) electrons. The Labute approximate surface area is 169 Å². The van der Waals surface area contributed by atoms with Gasteiger partial charge < -0.3 is 23.8 Å². The van der Waals surface area contributed by atoms with Crippen LogP contribution in [0, 0.1) is 0 Å². The van der Waals surface area contributed by atoms with Crippen molar-refractivity contribution in [2.75, 3.05) is 35.5 Å². The van der Waals surface area contributed by atoms with Gasteiger partial charge >= 0.3 is 6.03 Å². The number of para-hydroxylation sites is 1. The molecule has 0 unspecified atom stereocenters. The summed E-state index contributed by atoms with van der Waals surface area (Å²) in [7, 11) is 7.54. The highest BCUT2D eigenvalue weighted by Crippen LogP contribution is 2.38. The molecule has 29 heavy (non-hydrogen) atoms. The summed E-state index contributed by atoms with van der Waals surface area (Å²) in [4.78, 5) is 26.2. The summed E-state index contributed by atoms with van der Waals surface area (Å²) >= 11 is 0. The maximum absolute atomic E-state index is 12.5. The first kappa shape index (κ1) is 21.7. The van der Waals surface area contributed by atoms with Gasteiger partial charge in [0.15, 0.2) is 11.5 Å². The maximum atomic E-state index is 12.5. The molecule has 9 heteroatoms. The molecule has 0 fully saturated rings. The summed E-state index contributed by atoms with van der Waals surface area (Å²) < 4.78 is 21.0. The molecule has 0 bridgehead atoms. The molecule has 156 valence electrons. The number of hydrazine groups is 1. The van der Waals surface area contributed by atoms with Crippen molar-refractivity contribution in [2.45, 2.75) is 6.54 Å². The number of rotatable bonds is 7. The van der Waals surface area contributed by atoms with E-state index in [1.807, 2.05) is 24.3 Å². The fourth-order valence-corrected chi connectivity index (χ4v) is 2.65. The van der Waals surface area contributed by atoms with Gasteiger partial charge in [-0.25, -0.2) is 10.2 Å². The van der Waals surface area contributed by atoms with Crippen molar-refractivity contribution in [3.8, 4) is 23.0 Å². The lowest BCUT2D eigenvalue weighted by molar-refractivity contribution is 0.0930. The third-order valence-electron chi connectivity index (χ3n) is 4.16. The molecular formula is C20H25N3O6. The van der Waals surface area contributed by atoms with Gasteiger partial charge in [-0.3, -0.25) is 10.2 Å². The highest BCUT2D eigenvalue weighted by Gasteiger charge is 2.18. The van der Waals surface area contributed by atoms with E-state index in [4.69, 9.17) is 18.9 Å². The molecule has 0 atom stereocenters. The fraction of sp³-hybridized carbons (Fsp3) is 0.300. The summed E-state index contributed by atoms with van der Waals surface area (Å²) in [5.41, 5.74) is 5.81. The highest BCUT2D eigenvalue weighted by atomic mass is 16.5. The first-order chi connectivity index (χ1) is 13.9. The van der Waals surface area contributed by atoms with Crippen molar-refractivity contribution in [2.24, 2.45) is 0 Å². The van der Waals surface area contributed by atoms with Crippen molar-refractivity contribution >= 4 is 11.9 Å². The van der Waals surface area contributed by atoms with E-state index in [-0.39, 0.29) is 5.56 Å². The monoisotopic (exact) mass is 403 g/mol. The number of ether oxygens (including phenoxy) is 4. The molecule has 0 aliphatic carbocycles. The fourth-order valence-electron chi connectivity index (χ4n) is 2.65. The molecule has 2 rings (SSSR count). The average molecular weight is 403 g/mol. The molecule has 3 amide bonds. The Morgan fingerprint density at radius 3 is 2.00 bits per heavy atom. The molecule has 2 aromatic rings. The number of amides is 3. The van der Waals surface area contributed by atoms with Crippen LogP contribution < -0.4 is 29.8 Å². The van der Waals surface area contributed by atoms with Gasteiger partial charge in [0.05, 0.1) is 35.0 Å². The lowest BCUT2D eigenvalue weighted by atomic mass is 10.1. The molecule has 0 aliphatic heterocycles. The second kappa shape index (κ2) is 10.1. The van der Waals surface area contributed by atoms with E-state index in [1.54, 1.807) is 14.2 Å². The Morgan fingerprint density at radius 1 is 0.862 bits per heavy atom. The third kappa shape index (κ3) is 5.22.